The van der Waals surface area contributed by atoms with Crippen LogP contribution in [0.15, 0.2) is 39.7 Å². The molecule has 3 rings (SSSR count). The van der Waals surface area contributed by atoms with E-state index in [0.717, 1.165) is 22.8 Å². The molecule has 0 bridgehead atoms. The van der Waals surface area contributed by atoms with Gasteiger partial charge >= 0.3 is 5.97 Å². The van der Waals surface area contributed by atoms with Crippen LogP contribution in [0.25, 0.3) is 0 Å². The Morgan fingerprint density at radius 1 is 1.62 bits per heavy atom. The second kappa shape index (κ2) is 8.33. The smallest absolute Gasteiger partial charge is 0.365 e. The fourth-order valence-corrected chi connectivity index (χ4v) is 4.65. The Balaban J connectivity index is 1.74. The summed E-state index contributed by atoms with van der Waals surface area (Å²) < 4.78 is 8.21. The van der Waals surface area contributed by atoms with Gasteiger partial charge in [0.05, 0.1) is 18.1 Å². The van der Waals surface area contributed by atoms with Crippen LogP contribution in [0.1, 0.15) is 19.0 Å². The van der Waals surface area contributed by atoms with Gasteiger partial charge in [0, 0.05) is 29.0 Å². The molecule has 1 N–H and O–H groups in total. The maximum atomic E-state index is 12.4. The Morgan fingerprint density at radius 2 is 2.42 bits per heavy atom. The highest BCUT2D eigenvalue weighted by Gasteiger charge is 2.57. The van der Waals surface area contributed by atoms with E-state index in [1.807, 2.05) is 18.2 Å². The number of fused-ring (bicyclic) bond motifs is 1. The zero-order valence-corrected chi connectivity index (χ0v) is 15.8. The maximum absolute atomic E-state index is 12.4. The first-order chi connectivity index (χ1) is 12.5. The maximum Gasteiger partial charge on any atom is 0.365 e. The number of hydrogen-bond acceptors (Lipinski definition) is 7. The van der Waals surface area contributed by atoms with E-state index >= 15 is 0 Å². The van der Waals surface area contributed by atoms with Gasteiger partial charge in [-0.05, 0) is 25.5 Å². The molecular weight excluding hydrogens is 372 g/mol. The number of pyridine rings is 1. The highest BCUT2D eigenvalue weighted by Crippen LogP contribution is 2.47. The van der Waals surface area contributed by atoms with Crippen LogP contribution in [0.2, 0.25) is 0 Å². The summed E-state index contributed by atoms with van der Waals surface area (Å²) in [4.78, 5) is 31.3. The van der Waals surface area contributed by atoms with Gasteiger partial charge in [0.25, 0.3) is 7.98 Å². The standard InChI is InChI=1S/C16H17BN3O4PS/c1-9(21)13-11-8-12(26-7-5-10-4-2-3-6-18-10)14(20(11)15(13)22)16(23)24-25-19-17/h2-4,6,9,11,13,21H,5,7-8H2,1H3/t9-,11?,13-/m1/s1. The number of amides is 1. The van der Waals surface area contributed by atoms with E-state index in [1.165, 1.54) is 16.7 Å². The molecule has 0 aliphatic carbocycles. The number of rotatable bonds is 7. The minimum Gasteiger partial charge on any atom is -0.393 e. The van der Waals surface area contributed by atoms with Crippen LogP contribution in [-0.4, -0.2) is 52.7 Å². The summed E-state index contributed by atoms with van der Waals surface area (Å²) in [5, 5.41) is 9.84. The largest absolute Gasteiger partial charge is 0.393 e. The van der Waals surface area contributed by atoms with Crippen molar-refractivity contribution < 1.29 is 19.2 Å². The third-order valence-corrected chi connectivity index (χ3v) is 5.87. The van der Waals surface area contributed by atoms with Crippen molar-refractivity contribution >= 4 is 40.2 Å². The molecule has 1 fully saturated rings. The number of carbonyl (C=O) groups excluding carboxylic acids is 2. The van der Waals surface area contributed by atoms with E-state index in [1.54, 1.807) is 13.1 Å². The first-order valence-electron chi connectivity index (χ1n) is 8.13. The average Bonchev–Trinajstić information content (AvgIpc) is 2.94. The number of nitrogens with zero attached hydrogens (tertiary/aromatic N) is 3. The third kappa shape index (κ3) is 3.70. The Morgan fingerprint density at radius 3 is 3.08 bits per heavy atom. The highest BCUT2D eigenvalue weighted by atomic mass is 32.2. The van der Waals surface area contributed by atoms with Crippen molar-refractivity contribution in [1.29, 1.82) is 0 Å². The van der Waals surface area contributed by atoms with Crippen molar-refractivity contribution in [3.8, 4) is 0 Å². The van der Waals surface area contributed by atoms with Crippen molar-refractivity contribution in [3.63, 3.8) is 0 Å². The lowest BCUT2D eigenvalue weighted by molar-refractivity contribution is -0.160. The molecule has 7 nitrogen and oxygen atoms in total. The van der Waals surface area contributed by atoms with E-state index in [-0.39, 0.29) is 26.2 Å². The summed E-state index contributed by atoms with van der Waals surface area (Å²) in [7, 11) is 5.00. The molecular formula is C16H17BN3O4PS. The highest BCUT2D eigenvalue weighted by molar-refractivity contribution is 8.03. The van der Waals surface area contributed by atoms with Gasteiger partial charge in [0.15, 0.2) is 0 Å². The summed E-state index contributed by atoms with van der Waals surface area (Å²) in [6, 6.07) is 5.53. The summed E-state index contributed by atoms with van der Waals surface area (Å²) >= 11 is 1.51. The molecule has 2 aliphatic heterocycles. The number of thioether (sulfide) groups is 1. The molecule has 26 heavy (non-hydrogen) atoms. The van der Waals surface area contributed by atoms with Crippen molar-refractivity contribution in [1.82, 2.24) is 9.88 Å². The van der Waals surface area contributed by atoms with Gasteiger partial charge in [-0.25, -0.2) is 4.79 Å². The zero-order chi connectivity index (χ0) is 18.7. The summed E-state index contributed by atoms with van der Waals surface area (Å²) in [6.45, 7) is 1.59. The molecule has 0 spiro atoms. The average molecular weight is 389 g/mol. The molecule has 1 aromatic heterocycles. The molecule has 0 aromatic carbocycles. The zero-order valence-electron chi connectivity index (χ0n) is 14.1. The lowest BCUT2D eigenvalue weighted by atomic mass is 9.83. The van der Waals surface area contributed by atoms with E-state index in [4.69, 9.17) is 12.5 Å². The number of carbonyl (C=O) groups is 2. The first-order valence-corrected chi connectivity index (χ1v) is 9.88. The molecule has 134 valence electrons. The van der Waals surface area contributed by atoms with Crippen LogP contribution in [0.4, 0.5) is 0 Å². The van der Waals surface area contributed by atoms with Crippen molar-refractivity contribution in [3.05, 3.63) is 40.7 Å². The van der Waals surface area contributed by atoms with Crippen molar-refractivity contribution in [2.75, 3.05) is 5.75 Å². The Hall–Kier alpha value is -1.70. The van der Waals surface area contributed by atoms with E-state index < -0.39 is 18.0 Å². The SMILES string of the molecule is [B]N=POC(=O)C1=C(SCCc2ccccn2)CC2[C@@H]([C@@H](C)O)C(=O)N12. The van der Waals surface area contributed by atoms with E-state index in [0.29, 0.717) is 6.42 Å². The monoisotopic (exact) mass is 389 g/mol. The van der Waals surface area contributed by atoms with Gasteiger partial charge in [-0.1, -0.05) is 6.07 Å². The first kappa shape index (κ1) is 19.1. The number of aliphatic hydroxyl groups is 1. The van der Waals surface area contributed by atoms with E-state index in [2.05, 4.69) is 9.64 Å². The normalized spacial score (nSPS) is 23.2. The van der Waals surface area contributed by atoms with Crippen LogP contribution >= 0.6 is 20.4 Å². The molecule has 1 aromatic rings. The number of β-lactam (4-membered cyclic amide) rings is 1. The van der Waals surface area contributed by atoms with Gasteiger partial charge in [-0.2, -0.15) is 0 Å². The molecule has 0 saturated carbocycles. The lowest BCUT2D eigenvalue weighted by Crippen LogP contribution is -2.61. The van der Waals surface area contributed by atoms with Crippen molar-refractivity contribution in [2.24, 2.45) is 10.6 Å². The second-order valence-corrected chi connectivity index (χ2v) is 7.78. The lowest BCUT2D eigenvalue weighted by Gasteiger charge is -2.44. The van der Waals surface area contributed by atoms with Crippen LogP contribution in [0.3, 0.4) is 0 Å². The van der Waals surface area contributed by atoms with Gasteiger partial charge in [0.1, 0.15) is 5.70 Å². The van der Waals surface area contributed by atoms with Crippen LogP contribution < -0.4 is 0 Å². The Labute approximate surface area is 158 Å². The molecule has 1 amide bonds. The van der Waals surface area contributed by atoms with Gasteiger partial charge < -0.3 is 19.2 Å². The van der Waals surface area contributed by atoms with Gasteiger partial charge in [0.2, 0.25) is 14.5 Å². The molecule has 3 heterocycles. The van der Waals surface area contributed by atoms with Gasteiger partial charge in [-0.3, -0.25) is 9.78 Å². The molecule has 2 radical (unpaired) electrons. The third-order valence-electron chi connectivity index (χ3n) is 4.41. The van der Waals surface area contributed by atoms with Crippen LogP contribution in [0.5, 0.6) is 0 Å². The van der Waals surface area contributed by atoms with E-state index in [9.17, 15) is 14.7 Å². The minimum atomic E-state index is -0.754. The fraction of sp³-hybridized carbons (Fsp3) is 0.438. The molecule has 1 unspecified atom stereocenters. The van der Waals surface area contributed by atoms with Crippen LogP contribution in [0, 0.1) is 5.92 Å². The molecule has 2 aliphatic rings. The number of aromatic nitrogens is 1. The Bertz CT molecular complexity index is 759. The Kier molecular flexibility index (Phi) is 6.11. The summed E-state index contributed by atoms with van der Waals surface area (Å²) in [6.07, 6.45) is 2.27. The number of aryl methyl sites for hydroxylation is 1. The van der Waals surface area contributed by atoms with Crippen LogP contribution in [-0.2, 0) is 20.5 Å². The predicted molar refractivity (Wildman–Crippen MR) is 99.0 cm³/mol. The minimum absolute atomic E-state index is 0.0174. The summed E-state index contributed by atoms with van der Waals surface area (Å²) in [5.74, 6) is -0.640. The molecule has 10 heteroatoms. The molecule has 3 atom stereocenters. The second-order valence-electron chi connectivity index (χ2n) is 6.01. The quantitative estimate of drug-likeness (QED) is 0.435. The predicted octanol–water partition coefficient (Wildman–Crippen LogP) is 1.85. The fourth-order valence-electron chi connectivity index (χ4n) is 3.28. The number of aliphatic hydroxyl groups excluding tert-OH is 1. The van der Waals surface area contributed by atoms with Gasteiger partial charge in [-0.15, -0.1) is 11.8 Å². The molecule has 1 saturated heterocycles. The van der Waals surface area contributed by atoms with Crippen molar-refractivity contribution in [2.45, 2.75) is 31.9 Å². The topological polar surface area (TPSA) is 92.1 Å². The summed E-state index contributed by atoms with van der Waals surface area (Å²) in [5.41, 5.74) is 1.21. The number of hydrogen-bond donors (Lipinski definition) is 1.